The van der Waals surface area contributed by atoms with E-state index in [9.17, 15) is 19.2 Å². The Morgan fingerprint density at radius 1 is 1.18 bits per heavy atom. The minimum Gasteiger partial charge on any atom is -0.344 e. The number of aldehydes is 2. The first-order chi connectivity index (χ1) is 10.4. The highest BCUT2D eigenvalue weighted by atomic mass is 32.2. The maximum atomic E-state index is 12.2. The van der Waals surface area contributed by atoms with E-state index in [1.807, 2.05) is 6.26 Å². The van der Waals surface area contributed by atoms with Gasteiger partial charge in [0.1, 0.15) is 18.6 Å². The monoisotopic (exact) mass is 331 g/mol. The Morgan fingerprint density at radius 3 is 2.27 bits per heavy atom. The summed E-state index contributed by atoms with van der Waals surface area (Å²) in [6, 6.07) is -2.37. The van der Waals surface area contributed by atoms with Crippen molar-refractivity contribution in [1.82, 2.24) is 10.6 Å². The van der Waals surface area contributed by atoms with Crippen LogP contribution in [-0.2, 0) is 19.2 Å². The van der Waals surface area contributed by atoms with Gasteiger partial charge >= 0.3 is 0 Å². The first kappa shape index (κ1) is 20.6. The van der Waals surface area contributed by atoms with E-state index in [2.05, 4.69) is 10.6 Å². The molecule has 0 aromatic heterocycles. The lowest BCUT2D eigenvalue weighted by atomic mass is 10.0. The molecule has 0 aliphatic rings. The molecule has 7 nitrogen and oxygen atoms in total. The minimum absolute atomic E-state index is 0.0960. The maximum absolute atomic E-state index is 12.2. The third kappa shape index (κ3) is 7.56. The molecule has 0 rings (SSSR count). The molecule has 0 saturated carbocycles. The van der Waals surface area contributed by atoms with Crippen molar-refractivity contribution in [3.05, 3.63) is 0 Å². The fourth-order valence-electron chi connectivity index (χ4n) is 1.70. The van der Waals surface area contributed by atoms with Gasteiger partial charge in [0, 0.05) is 6.42 Å². The fraction of sp³-hybridized carbons (Fsp3) is 0.714. The van der Waals surface area contributed by atoms with Crippen LogP contribution in [0.3, 0.4) is 0 Å². The number of hydrogen-bond acceptors (Lipinski definition) is 6. The van der Waals surface area contributed by atoms with Crippen LogP contribution in [0.25, 0.3) is 0 Å². The topological polar surface area (TPSA) is 118 Å². The largest absolute Gasteiger partial charge is 0.344 e. The summed E-state index contributed by atoms with van der Waals surface area (Å²) in [4.78, 5) is 45.4. The van der Waals surface area contributed by atoms with Gasteiger partial charge in [0.15, 0.2) is 0 Å². The van der Waals surface area contributed by atoms with Crippen LogP contribution < -0.4 is 16.4 Å². The summed E-state index contributed by atoms with van der Waals surface area (Å²) in [7, 11) is 0. The summed E-state index contributed by atoms with van der Waals surface area (Å²) in [5, 5.41) is 5.05. The molecule has 0 aromatic rings. The average molecular weight is 331 g/mol. The lowest BCUT2D eigenvalue weighted by Crippen LogP contribution is -2.55. The van der Waals surface area contributed by atoms with Gasteiger partial charge in [-0.25, -0.2) is 0 Å². The van der Waals surface area contributed by atoms with Crippen molar-refractivity contribution < 1.29 is 19.2 Å². The van der Waals surface area contributed by atoms with Gasteiger partial charge in [0.2, 0.25) is 11.8 Å². The van der Waals surface area contributed by atoms with E-state index in [1.54, 1.807) is 25.6 Å². The molecule has 3 unspecified atom stereocenters. The van der Waals surface area contributed by atoms with E-state index in [-0.39, 0.29) is 12.3 Å². The molecule has 3 atom stereocenters. The Bertz CT molecular complexity index is 390. The number of thioether (sulfide) groups is 1. The average Bonchev–Trinajstić information content (AvgIpc) is 2.48. The second-order valence-corrected chi connectivity index (χ2v) is 6.26. The van der Waals surface area contributed by atoms with Crippen molar-refractivity contribution in [2.45, 2.75) is 44.8 Å². The van der Waals surface area contributed by atoms with Crippen LogP contribution in [0, 0.1) is 5.92 Å². The maximum Gasteiger partial charge on any atom is 0.243 e. The summed E-state index contributed by atoms with van der Waals surface area (Å²) >= 11 is 1.58. The van der Waals surface area contributed by atoms with E-state index in [0.29, 0.717) is 19.0 Å². The zero-order chi connectivity index (χ0) is 17.1. The third-order valence-electron chi connectivity index (χ3n) is 3.06. The van der Waals surface area contributed by atoms with Crippen molar-refractivity contribution in [3.8, 4) is 0 Å². The zero-order valence-electron chi connectivity index (χ0n) is 13.2. The Morgan fingerprint density at radius 2 is 1.82 bits per heavy atom. The van der Waals surface area contributed by atoms with E-state index >= 15 is 0 Å². The number of amides is 2. The van der Waals surface area contributed by atoms with Crippen molar-refractivity contribution in [2.75, 3.05) is 12.0 Å². The Kier molecular flexibility index (Phi) is 10.5. The van der Waals surface area contributed by atoms with Gasteiger partial charge in [-0.2, -0.15) is 11.8 Å². The Labute approximate surface area is 135 Å². The smallest absolute Gasteiger partial charge is 0.243 e. The standard InChI is InChI=1S/C14H25N3O4S/c1-9(2)12(14(21)16-10(8-19)4-6-18)17-13(20)11(15)5-7-22-3/h6,8-12H,4-5,7,15H2,1-3H3,(H,16,21)(H,17,20). The number of nitrogens with two attached hydrogens (primary N) is 1. The molecule has 8 heteroatoms. The van der Waals surface area contributed by atoms with Gasteiger partial charge in [-0.05, 0) is 24.3 Å². The molecular weight excluding hydrogens is 306 g/mol. The van der Waals surface area contributed by atoms with Gasteiger partial charge in [-0.3, -0.25) is 9.59 Å². The summed E-state index contributed by atoms with van der Waals surface area (Å²) in [5.74, 6) is -0.333. The molecule has 0 saturated heterocycles. The highest BCUT2D eigenvalue weighted by Gasteiger charge is 2.27. The summed E-state index contributed by atoms with van der Waals surface area (Å²) in [5.41, 5.74) is 5.77. The van der Waals surface area contributed by atoms with Crippen LogP contribution in [0.15, 0.2) is 0 Å². The highest BCUT2D eigenvalue weighted by Crippen LogP contribution is 2.05. The SMILES string of the molecule is CSCCC(N)C(=O)NC(C(=O)NC(C=O)CC=O)C(C)C. The van der Waals surface area contributed by atoms with Crippen molar-refractivity contribution in [2.24, 2.45) is 11.7 Å². The second kappa shape index (κ2) is 11.2. The van der Waals surface area contributed by atoms with E-state index < -0.39 is 29.9 Å². The third-order valence-corrected chi connectivity index (χ3v) is 3.70. The van der Waals surface area contributed by atoms with Crippen molar-refractivity contribution in [1.29, 1.82) is 0 Å². The van der Waals surface area contributed by atoms with Gasteiger partial charge in [0.25, 0.3) is 0 Å². The number of carbonyl (C=O) groups is 4. The number of nitrogens with one attached hydrogen (secondary N) is 2. The summed E-state index contributed by atoms with van der Waals surface area (Å²) < 4.78 is 0. The first-order valence-corrected chi connectivity index (χ1v) is 8.50. The Balaban J connectivity index is 4.70. The quantitative estimate of drug-likeness (QED) is 0.438. The molecule has 0 radical (unpaired) electrons. The zero-order valence-corrected chi connectivity index (χ0v) is 14.0. The van der Waals surface area contributed by atoms with E-state index in [4.69, 9.17) is 5.73 Å². The van der Waals surface area contributed by atoms with Crippen LogP contribution in [0.5, 0.6) is 0 Å². The van der Waals surface area contributed by atoms with Gasteiger partial charge < -0.3 is 26.0 Å². The fourth-order valence-corrected chi connectivity index (χ4v) is 2.19. The van der Waals surface area contributed by atoms with Crippen molar-refractivity contribution >= 4 is 36.1 Å². The molecule has 2 amide bonds. The van der Waals surface area contributed by atoms with Crippen LogP contribution in [0.2, 0.25) is 0 Å². The molecule has 0 aliphatic carbocycles. The van der Waals surface area contributed by atoms with Crippen LogP contribution >= 0.6 is 11.8 Å². The molecule has 0 bridgehead atoms. The van der Waals surface area contributed by atoms with Crippen LogP contribution in [0.1, 0.15) is 26.7 Å². The molecule has 4 N–H and O–H groups in total. The molecule has 126 valence electrons. The normalized spacial score (nSPS) is 14.8. The number of hydrogen-bond donors (Lipinski definition) is 3. The second-order valence-electron chi connectivity index (χ2n) is 5.27. The lowest BCUT2D eigenvalue weighted by Gasteiger charge is -2.24. The molecule has 0 fully saturated rings. The van der Waals surface area contributed by atoms with Gasteiger partial charge in [-0.15, -0.1) is 0 Å². The van der Waals surface area contributed by atoms with E-state index in [1.165, 1.54) is 0 Å². The molecule has 0 heterocycles. The number of rotatable bonds is 11. The molecule has 0 aliphatic heterocycles. The summed E-state index contributed by atoms with van der Waals surface area (Å²) in [6.45, 7) is 3.54. The number of carbonyl (C=O) groups excluding carboxylic acids is 4. The van der Waals surface area contributed by atoms with Crippen LogP contribution in [-0.4, -0.2) is 54.5 Å². The molecule has 0 spiro atoms. The lowest BCUT2D eigenvalue weighted by molar-refractivity contribution is -0.131. The van der Waals surface area contributed by atoms with E-state index in [0.717, 1.165) is 5.75 Å². The molecule has 0 aromatic carbocycles. The molecule has 22 heavy (non-hydrogen) atoms. The minimum atomic E-state index is -0.881. The van der Waals surface area contributed by atoms with Gasteiger partial charge in [0.05, 0.1) is 12.1 Å². The van der Waals surface area contributed by atoms with Gasteiger partial charge in [-0.1, -0.05) is 13.8 Å². The molecular formula is C14H25N3O4S. The predicted octanol–water partition coefficient (Wildman–Crippen LogP) is -0.520. The van der Waals surface area contributed by atoms with Crippen molar-refractivity contribution in [3.63, 3.8) is 0 Å². The highest BCUT2D eigenvalue weighted by molar-refractivity contribution is 7.98. The summed E-state index contributed by atoms with van der Waals surface area (Å²) in [6.07, 6.45) is 3.39. The first-order valence-electron chi connectivity index (χ1n) is 7.11. The Hall–Kier alpha value is -1.41. The van der Waals surface area contributed by atoms with Crippen LogP contribution in [0.4, 0.5) is 0 Å². The predicted molar refractivity (Wildman–Crippen MR) is 86.4 cm³/mol.